The first-order chi connectivity index (χ1) is 42.4. The number of nitriles is 2. The first kappa shape index (κ1) is 82.1. The predicted octanol–water partition coefficient (Wildman–Crippen LogP) is 18.5. The SMILES string of the molecule is CC#N.CC#N.COc1c(C(C)(C)C)cc(P(c2cc(C(C)(C)C)c(OC)c(C(C)(C)C)c2)c2ccc3c(c2-c2c(P(c4cc(C(C)(C)C)c(OC)c(C(C)(C)C)c4)c4cc(C(C)(C)C)c(OC)c(C(C)(C)C)c4)ccc4c2OCO4)OCO3)cc1C(C)(C)C.F.F.[F][Cu]. The van der Waals surface area contributed by atoms with E-state index in [0.29, 0.717) is 23.0 Å². The third-order valence-corrected chi connectivity index (χ3v) is 21.2. The van der Waals surface area contributed by atoms with Gasteiger partial charge in [0.1, 0.15) is 23.0 Å². The first-order valence-corrected chi connectivity index (χ1v) is 34.6. The molecule has 10 nitrogen and oxygen atoms in total. The van der Waals surface area contributed by atoms with E-state index in [4.69, 9.17) is 52.0 Å². The normalized spacial score (nSPS) is 12.9. The number of halogens is 3. The van der Waals surface area contributed by atoms with Crippen LogP contribution in [0.1, 0.15) is 225 Å². The molecular weight excluding hydrogens is 1280 g/mol. The van der Waals surface area contributed by atoms with Crippen LogP contribution in [0.15, 0.2) is 72.8 Å². The average molecular weight is 1380 g/mol. The second kappa shape index (κ2) is 30.9. The van der Waals surface area contributed by atoms with Gasteiger partial charge in [0.05, 0.1) is 40.6 Å². The molecule has 2 heterocycles. The molecule has 0 fully saturated rings. The summed E-state index contributed by atoms with van der Waals surface area (Å²) in [7, 11) is 4.29. The molecule has 0 saturated heterocycles. The van der Waals surface area contributed by atoms with Crippen molar-refractivity contribution in [3.05, 3.63) is 117 Å². The molecule has 6 aromatic rings. The van der Waals surface area contributed by atoms with Crippen molar-refractivity contribution in [1.82, 2.24) is 0 Å². The number of fused-ring (bicyclic) bond motifs is 2. The third-order valence-electron chi connectivity index (χ3n) is 16.4. The van der Waals surface area contributed by atoms with Crippen LogP contribution in [0.3, 0.4) is 0 Å². The van der Waals surface area contributed by atoms with Crippen LogP contribution in [0.2, 0.25) is 0 Å². The van der Waals surface area contributed by atoms with Crippen molar-refractivity contribution < 1.29 is 67.3 Å². The van der Waals surface area contributed by atoms with Gasteiger partial charge in [0.15, 0.2) is 23.0 Å². The van der Waals surface area contributed by atoms with E-state index in [0.717, 1.165) is 89.2 Å². The number of rotatable bonds is 11. The maximum absolute atomic E-state index is 9.06. The first-order valence-electron chi connectivity index (χ1n) is 31.5. The van der Waals surface area contributed by atoms with Crippen LogP contribution in [-0.4, -0.2) is 42.0 Å². The van der Waals surface area contributed by atoms with Crippen LogP contribution in [0, 0.1) is 22.7 Å². The Kier molecular flexibility index (Phi) is 27.0. The van der Waals surface area contributed by atoms with Crippen molar-refractivity contribution in [1.29, 1.82) is 10.5 Å². The molecule has 2 aliphatic heterocycles. The zero-order valence-corrected chi connectivity index (χ0v) is 64.6. The van der Waals surface area contributed by atoms with Gasteiger partial charge < -0.3 is 37.9 Å². The number of methoxy groups -OCH3 is 4. The Hall–Kier alpha value is -6.13. The molecule has 0 atom stereocenters. The average Bonchev–Trinajstić information content (AvgIpc) is 1.12. The van der Waals surface area contributed by atoms with Crippen molar-refractivity contribution in [2.75, 3.05) is 42.0 Å². The van der Waals surface area contributed by atoms with Gasteiger partial charge in [-0.1, -0.05) is 166 Å². The van der Waals surface area contributed by atoms with Gasteiger partial charge in [-0.05, 0) is 164 Å². The Morgan fingerprint density at radius 2 is 0.521 bits per heavy atom. The summed E-state index contributed by atoms with van der Waals surface area (Å²) in [6.07, 6.45) is 0. The van der Waals surface area contributed by atoms with Gasteiger partial charge in [0.25, 0.3) is 0 Å². The number of nitrogens with zero attached hydrogens (tertiary/aromatic N) is 2. The minimum atomic E-state index is -1.50. The van der Waals surface area contributed by atoms with Gasteiger partial charge in [0.2, 0.25) is 13.6 Å². The monoisotopic (exact) mass is 1380 g/mol. The number of ether oxygens (including phenoxy) is 8. The molecule has 94 heavy (non-hydrogen) atoms. The van der Waals surface area contributed by atoms with Gasteiger partial charge in [0, 0.05) is 69.5 Å². The molecule has 0 aliphatic carbocycles. The minimum absolute atomic E-state index is 0. The molecule has 0 radical (unpaired) electrons. The second-order valence-corrected chi connectivity index (χ2v) is 36.2. The molecule has 6 aromatic carbocycles. The van der Waals surface area contributed by atoms with E-state index < -0.39 is 15.8 Å². The van der Waals surface area contributed by atoms with E-state index in [1.807, 2.05) is 28.4 Å². The molecule has 520 valence electrons. The Balaban J connectivity index is 0.00000220. The molecule has 16 heteroatoms. The quantitative estimate of drug-likeness (QED) is 0.0915. The van der Waals surface area contributed by atoms with Gasteiger partial charge in [-0.2, -0.15) is 10.5 Å². The van der Waals surface area contributed by atoms with Gasteiger partial charge in [-0.25, -0.2) is 0 Å². The molecule has 0 N–H and O–H groups in total. The van der Waals surface area contributed by atoms with Crippen LogP contribution in [-0.2, 0) is 59.8 Å². The summed E-state index contributed by atoms with van der Waals surface area (Å²) in [5.41, 5.74) is 8.79. The zero-order valence-electron chi connectivity index (χ0n) is 61.9. The summed E-state index contributed by atoms with van der Waals surface area (Å²) < 4.78 is 62.2. The van der Waals surface area contributed by atoms with Gasteiger partial charge in [-0.3, -0.25) is 9.41 Å². The van der Waals surface area contributed by atoms with Crippen LogP contribution in [0.5, 0.6) is 46.0 Å². The van der Waals surface area contributed by atoms with Crippen LogP contribution < -0.4 is 69.7 Å². The summed E-state index contributed by atoms with van der Waals surface area (Å²) in [6, 6.07) is 31.9. The number of hydrogen-bond acceptors (Lipinski definition) is 10. The second-order valence-electron chi connectivity index (χ2n) is 31.8. The molecule has 0 spiro atoms. The molecule has 0 bridgehead atoms. The fourth-order valence-corrected chi connectivity index (χ4v) is 17.0. The molecule has 0 saturated carbocycles. The molecule has 0 aromatic heterocycles. The van der Waals surface area contributed by atoms with Crippen LogP contribution in [0.25, 0.3) is 11.1 Å². The number of hydrogen-bond donors (Lipinski definition) is 0. The van der Waals surface area contributed by atoms with Gasteiger partial charge >= 0.3 is 20.0 Å². The molecule has 2 aliphatic rings. The fraction of sp³-hybridized carbons (Fsp3) is 0.513. The van der Waals surface area contributed by atoms with E-state index >= 15 is 0 Å². The summed E-state index contributed by atoms with van der Waals surface area (Å²) in [4.78, 5) is 0. The Bertz CT molecular complexity index is 3170. The number of benzene rings is 6. The summed E-state index contributed by atoms with van der Waals surface area (Å²) in [6.45, 7) is 58.0. The summed E-state index contributed by atoms with van der Waals surface area (Å²) in [5, 5.41) is 21.6. The van der Waals surface area contributed by atoms with E-state index in [9.17, 15) is 0 Å². The summed E-state index contributed by atoms with van der Waals surface area (Å²) >= 11 is 2.69. The maximum atomic E-state index is 9.06. The van der Waals surface area contributed by atoms with Crippen molar-refractivity contribution >= 4 is 47.7 Å². The van der Waals surface area contributed by atoms with Gasteiger partial charge in [-0.15, -0.1) is 0 Å². The van der Waals surface area contributed by atoms with E-state index in [-0.39, 0.29) is 66.3 Å². The fourth-order valence-electron chi connectivity index (χ4n) is 11.9. The van der Waals surface area contributed by atoms with Crippen molar-refractivity contribution in [2.45, 2.75) is 223 Å². The van der Waals surface area contributed by atoms with Crippen molar-refractivity contribution in [3.8, 4) is 69.3 Å². The predicted molar refractivity (Wildman–Crippen MR) is 386 cm³/mol. The van der Waals surface area contributed by atoms with Crippen molar-refractivity contribution in [3.63, 3.8) is 0 Å². The van der Waals surface area contributed by atoms with Crippen molar-refractivity contribution in [2.24, 2.45) is 0 Å². The molecule has 0 amide bonds. The van der Waals surface area contributed by atoms with E-state index in [2.05, 4.69) is 255 Å². The van der Waals surface area contributed by atoms with E-state index in [1.165, 1.54) is 35.1 Å². The topological polar surface area (TPSA) is 121 Å². The third kappa shape index (κ3) is 17.5. The Morgan fingerprint density at radius 3 is 0.670 bits per heavy atom. The molecular formula is C78H108CuF3N2O8P2. The standard InChI is InChI=1S/C74H100O8P2.2C2H3N.Cu.3FH/c1-67(2,3)47-33-43(34-48(61(47)75-25)68(4,5)6)83(44-35-49(69(7,8)9)62(76-26)50(36-44)70(10,11)12)57-31-29-55-65(81-41-79-55)59(57)60-58(32-30-56-66(60)82-42-80-56)84(45-37-51(71(13,14)15)63(77-27)52(38-45)72(16,17)18)46-39-53(73(19,20)21)64(78-28)54(40-46)74(22,23)24;2*1-2-3;;;;/h29-40H,41-42H2,1-28H3;2*1H3;;3*1H/q;;;+1;;;/p-1. The van der Waals surface area contributed by atoms with E-state index in [1.54, 1.807) is 12.1 Å². The van der Waals surface area contributed by atoms with Crippen LogP contribution in [0.4, 0.5) is 13.0 Å². The zero-order chi connectivity index (χ0) is 70.0. The molecule has 0 unspecified atom stereocenters. The Morgan fingerprint density at radius 1 is 0.351 bits per heavy atom. The molecule has 8 rings (SSSR count). The Labute approximate surface area is 574 Å². The summed E-state index contributed by atoms with van der Waals surface area (Å²) in [5.74, 6) is 6.42. The van der Waals surface area contributed by atoms with Crippen LogP contribution >= 0.6 is 15.8 Å².